The molecular weight excluding hydrogens is 454 g/mol. The maximum absolute atomic E-state index is 13.4. The zero-order chi connectivity index (χ0) is 22.9. The van der Waals surface area contributed by atoms with Crippen LogP contribution in [0.15, 0.2) is 41.3 Å². The van der Waals surface area contributed by atoms with E-state index < -0.39 is 22.0 Å². The van der Waals surface area contributed by atoms with Crippen LogP contribution in [0.2, 0.25) is 5.02 Å². The number of esters is 1. The summed E-state index contributed by atoms with van der Waals surface area (Å²) in [6.07, 6.45) is 1.40. The molecule has 0 aromatic heterocycles. The average molecular weight is 480 g/mol. The Morgan fingerprint density at radius 2 is 1.75 bits per heavy atom. The van der Waals surface area contributed by atoms with Gasteiger partial charge < -0.3 is 15.0 Å². The van der Waals surface area contributed by atoms with Gasteiger partial charge in [-0.3, -0.25) is 4.79 Å². The summed E-state index contributed by atoms with van der Waals surface area (Å²) in [5, 5.41) is 5.38. The third kappa shape index (κ3) is 4.47. The number of carbonyl (C=O) groups excluding carboxylic acids is 2. The van der Waals surface area contributed by atoms with E-state index in [0.717, 1.165) is 23.9 Å². The van der Waals surface area contributed by atoms with E-state index in [2.05, 4.69) is 5.32 Å². The molecule has 10 heteroatoms. The number of carbonyl (C=O) groups is 2. The van der Waals surface area contributed by atoms with Crippen LogP contribution in [-0.2, 0) is 24.3 Å². The SMILES string of the molecule is COC(=O)C1CN(S(=O)(=O)c2ccc3cc(Cl)ccc3c2)CCN1C(=O)C1CCNCC1. The number of piperazine rings is 1. The van der Waals surface area contributed by atoms with Crippen molar-refractivity contribution in [1.82, 2.24) is 14.5 Å². The molecule has 2 aromatic carbocycles. The Hall–Kier alpha value is -2.20. The van der Waals surface area contributed by atoms with Crippen LogP contribution in [-0.4, -0.2) is 75.4 Å². The van der Waals surface area contributed by atoms with Crippen LogP contribution in [0.5, 0.6) is 0 Å². The van der Waals surface area contributed by atoms with Crippen molar-refractivity contribution in [3.8, 4) is 0 Å². The van der Waals surface area contributed by atoms with Crippen molar-refractivity contribution in [3.63, 3.8) is 0 Å². The van der Waals surface area contributed by atoms with Gasteiger partial charge in [0.15, 0.2) is 0 Å². The van der Waals surface area contributed by atoms with Gasteiger partial charge in [-0.25, -0.2) is 13.2 Å². The van der Waals surface area contributed by atoms with Gasteiger partial charge in [-0.2, -0.15) is 4.31 Å². The molecule has 8 nitrogen and oxygen atoms in total. The normalized spacial score (nSPS) is 20.9. The minimum Gasteiger partial charge on any atom is -0.467 e. The van der Waals surface area contributed by atoms with Crippen molar-refractivity contribution in [1.29, 1.82) is 0 Å². The number of hydrogen-bond acceptors (Lipinski definition) is 6. The number of fused-ring (bicyclic) bond motifs is 1. The second-order valence-electron chi connectivity index (χ2n) is 8.11. The number of halogens is 1. The van der Waals surface area contributed by atoms with E-state index in [1.165, 1.54) is 22.4 Å². The molecule has 0 spiro atoms. The summed E-state index contributed by atoms with van der Waals surface area (Å²) in [6.45, 7) is 1.63. The van der Waals surface area contributed by atoms with Crippen molar-refractivity contribution in [2.24, 2.45) is 5.92 Å². The maximum Gasteiger partial charge on any atom is 0.329 e. The second kappa shape index (κ2) is 9.35. The van der Waals surface area contributed by atoms with Gasteiger partial charge in [-0.05, 0) is 61.0 Å². The molecule has 0 aliphatic carbocycles. The molecule has 0 radical (unpaired) electrons. The van der Waals surface area contributed by atoms with Crippen LogP contribution in [0.25, 0.3) is 10.8 Å². The van der Waals surface area contributed by atoms with Crippen molar-refractivity contribution >= 4 is 44.3 Å². The van der Waals surface area contributed by atoms with Gasteiger partial charge >= 0.3 is 5.97 Å². The lowest BCUT2D eigenvalue weighted by Crippen LogP contribution is -2.60. The van der Waals surface area contributed by atoms with Crippen molar-refractivity contribution in [2.45, 2.75) is 23.8 Å². The lowest BCUT2D eigenvalue weighted by atomic mass is 9.95. The predicted octanol–water partition coefficient (Wildman–Crippen LogP) is 1.87. The lowest BCUT2D eigenvalue weighted by Gasteiger charge is -2.41. The number of ether oxygens (including phenoxy) is 1. The highest BCUT2D eigenvalue weighted by Gasteiger charge is 2.42. The Labute approximate surface area is 192 Å². The van der Waals surface area contributed by atoms with Gasteiger partial charge in [0, 0.05) is 30.6 Å². The summed E-state index contributed by atoms with van der Waals surface area (Å²) in [7, 11) is -2.62. The molecule has 32 heavy (non-hydrogen) atoms. The van der Waals surface area contributed by atoms with Gasteiger partial charge in [0.25, 0.3) is 0 Å². The Balaban J connectivity index is 1.58. The van der Waals surface area contributed by atoms with E-state index in [4.69, 9.17) is 16.3 Å². The molecule has 1 amide bonds. The van der Waals surface area contributed by atoms with Gasteiger partial charge in [-0.15, -0.1) is 0 Å². The molecule has 1 unspecified atom stereocenters. The Kier molecular flexibility index (Phi) is 6.71. The molecule has 2 aliphatic rings. The topological polar surface area (TPSA) is 96.0 Å². The first-order chi connectivity index (χ1) is 15.3. The minimum absolute atomic E-state index is 0.110. The van der Waals surface area contributed by atoms with E-state index in [-0.39, 0.29) is 36.4 Å². The molecule has 0 bridgehead atoms. The second-order valence-corrected chi connectivity index (χ2v) is 10.5. The Bertz CT molecular complexity index is 1130. The molecule has 2 saturated heterocycles. The highest BCUT2D eigenvalue weighted by atomic mass is 35.5. The first-order valence-corrected chi connectivity index (χ1v) is 12.4. The predicted molar refractivity (Wildman–Crippen MR) is 121 cm³/mol. The van der Waals surface area contributed by atoms with Gasteiger partial charge in [0.2, 0.25) is 15.9 Å². The summed E-state index contributed by atoms with van der Waals surface area (Å²) < 4.78 is 32.9. The highest BCUT2D eigenvalue weighted by Crippen LogP contribution is 2.27. The molecule has 4 rings (SSSR count). The largest absolute Gasteiger partial charge is 0.467 e. The minimum atomic E-state index is -3.87. The fraction of sp³-hybridized carbons (Fsp3) is 0.455. The van der Waals surface area contributed by atoms with Crippen LogP contribution < -0.4 is 5.32 Å². The lowest BCUT2D eigenvalue weighted by molar-refractivity contribution is -0.157. The number of sulfonamides is 1. The summed E-state index contributed by atoms with van der Waals surface area (Å²) in [4.78, 5) is 27.2. The quantitative estimate of drug-likeness (QED) is 0.672. The maximum atomic E-state index is 13.4. The van der Waals surface area contributed by atoms with Gasteiger partial charge in [0.1, 0.15) is 6.04 Å². The number of benzene rings is 2. The number of nitrogens with one attached hydrogen (secondary N) is 1. The standard InChI is InChI=1S/C22H26ClN3O5S/c1-31-22(28)20-14-25(10-11-26(20)21(27)15-6-8-24-9-7-15)32(29,30)19-5-3-16-12-18(23)4-2-17(16)13-19/h2-5,12-13,15,20,24H,6-11,14H2,1H3. The Morgan fingerprint density at radius 1 is 1.06 bits per heavy atom. The van der Waals surface area contributed by atoms with E-state index >= 15 is 0 Å². The molecule has 172 valence electrons. The zero-order valence-electron chi connectivity index (χ0n) is 17.8. The van der Waals surface area contributed by atoms with E-state index in [1.54, 1.807) is 30.3 Å². The van der Waals surface area contributed by atoms with Gasteiger partial charge in [-0.1, -0.05) is 23.7 Å². The molecule has 2 fully saturated rings. The van der Waals surface area contributed by atoms with Crippen LogP contribution in [0, 0.1) is 5.92 Å². The average Bonchev–Trinajstić information content (AvgIpc) is 2.82. The van der Waals surface area contributed by atoms with Crippen LogP contribution in [0.3, 0.4) is 0 Å². The number of methoxy groups -OCH3 is 1. The molecule has 1 atom stereocenters. The van der Waals surface area contributed by atoms with Crippen molar-refractivity contribution < 1.29 is 22.7 Å². The highest BCUT2D eigenvalue weighted by molar-refractivity contribution is 7.89. The fourth-order valence-corrected chi connectivity index (χ4v) is 6.04. The number of hydrogen-bond donors (Lipinski definition) is 1. The molecular formula is C22H26ClN3O5S. The van der Waals surface area contributed by atoms with E-state index in [1.807, 2.05) is 0 Å². The van der Waals surface area contributed by atoms with E-state index in [0.29, 0.717) is 17.9 Å². The molecule has 0 saturated carbocycles. The fourth-order valence-electron chi connectivity index (χ4n) is 4.39. The van der Waals surface area contributed by atoms with E-state index in [9.17, 15) is 18.0 Å². The van der Waals surface area contributed by atoms with Crippen LogP contribution in [0.4, 0.5) is 0 Å². The van der Waals surface area contributed by atoms with Crippen molar-refractivity contribution in [2.75, 3.05) is 39.8 Å². The smallest absolute Gasteiger partial charge is 0.329 e. The monoisotopic (exact) mass is 479 g/mol. The summed E-state index contributed by atoms with van der Waals surface area (Å²) in [5.74, 6) is -0.888. The van der Waals surface area contributed by atoms with Crippen molar-refractivity contribution in [3.05, 3.63) is 41.4 Å². The number of piperidine rings is 1. The van der Waals surface area contributed by atoms with Gasteiger partial charge in [0.05, 0.1) is 12.0 Å². The number of amides is 1. The summed E-state index contributed by atoms with van der Waals surface area (Å²) in [5.41, 5.74) is 0. The first-order valence-electron chi connectivity index (χ1n) is 10.6. The number of nitrogens with zero attached hydrogens (tertiary/aromatic N) is 2. The summed E-state index contributed by atoms with van der Waals surface area (Å²) in [6, 6.07) is 9.12. The third-order valence-corrected chi connectivity index (χ3v) is 8.30. The number of rotatable bonds is 4. The molecule has 2 aliphatic heterocycles. The molecule has 2 aromatic rings. The summed E-state index contributed by atoms with van der Waals surface area (Å²) >= 11 is 6.02. The first kappa shape index (κ1) is 23.0. The zero-order valence-corrected chi connectivity index (χ0v) is 19.4. The molecule has 1 N–H and O–H groups in total. The van der Waals surface area contributed by atoms with Crippen LogP contribution in [0.1, 0.15) is 12.8 Å². The van der Waals surface area contributed by atoms with Crippen LogP contribution >= 0.6 is 11.6 Å². The third-order valence-electron chi connectivity index (χ3n) is 6.20. The Morgan fingerprint density at radius 3 is 2.47 bits per heavy atom. The molecule has 2 heterocycles.